The molecule has 0 aliphatic heterocycles. The highest BCUT2D eigenvalue weighted by atomic mass is 17.3. The van der Waals surface area contributed by atoms with E-state index in [2.05, 4.69) is 0 Å². The van der Waals surface area contributed by atoms with Crippen molar-refractivity contribution in [1.29, 1.82) is 0 Å². The third-order valence-corrected chi connectivity index (χ3v) is 1.47. The molecule has 0 amide bonds. The molecule has 0 N–H and O–H groups in total. The first kappa shape index (κ1) is 18.3. The Morgan fingerprint density at radius 3 is 1.42 bits per heavy atom. The van der Waals surface area contributed by atoms with Gasteiger partial charge in [0.2, 0.25) is 0 Å². The topological polar surface area (TPSA) is 63.2 Å². The minimum Gasteiger partial charge on any atom is -0.460 e. The number of carbonyl (C=O) groups is 1. The van der Waals surface area contributed by atoms with Gasteiger partial charge >= 0.3 is 5.97 Å². The second kappa shape index (κ2) is 6.65. The van der Waals surface area contributed by atoms with Gasteiger partial charge < -0.3 is 4.74 Å². The van der Waals surface area contributed by atoms with Crippen LogP contribution in [0.4, 0.5) is 0 Å². The van der Waals surface area contributed by atoms with Crippen molar-refractivity contribution in [2.24, 2.45) is 0 Å². The molecule has 0 saturated heterocycles. The Kier molecular flexibility index (Phi) is 6.41. The standard InChI is InChI=1S/C13H26O6/c1-10(14)15-9-13(8,18-16-11(2,3)4)19-17-12(5,6)7/h9H2,1-8H3. The Morgan fingerprint density at radius 2 is 1.16 bits per heavy atom. The summed E-state index contributed by atoms with van der Waals surface area (Å²) in [4.78, 5) is 31.7. The number of ether oxygens (including phenoxy) is 1. The van der Waals surface area contributed by atoms with E-state index in [0.717, 1.165) is 0 Å². The van der Waals surface area contributed by atoms with Crippen LogP contribution in [0.3, 0.4) is 0 Å². The molecular formula is C13H26O6. The van der Waals surface area contributed by atoms with Crippen LogP contribution >= 0.6 is 0 Å². The van der Waals surface area contributed by atoms with E-state index in [-0.39, 0.29) is 6.61 Å². The summed E-state index contributed by atoms with van der Waals surface area (Å²) in [5.41, 5.74) is -1.05. The van der Waals surface area contributed by atoms with E-state index in [1.807, 2.05) is 41.5 Å². The number of carbonyl (C=O) groups excluding carboxylic acids is 1. The van der Waals surface area contributed by atoms with Crippen LogP contribution in [0.15, 0.2) is 0 Å². The van der Waals surface area contributed by atoms with Crippen LogP contribution in [0.2, 0.25) is 0 Å². The average Bonchev–Trinajstić information content (AvgIpc) is 2.19. The lowest BCUT2D eigenvalue weighted by Crippen LogP contribution is -2.42. The zero-order valence-corrected chi connectivity index (χ0v) is 13.2. The van der Waals surface area contributed by atoms with Gasteiger partial charge in [0.25, 0.3) is 5.79 Å². The molecule has 0 spiro atoms. The second-order valence-electron chi connectivity index (χ2n) is 6.47. The largest absolute Gasteiger partial charge is 0.460 e. The van der Waals surface area contributed by atoms with Crippen molar-refractivity contribution < 1.29 is 29.1 Å². The number of hydrogen-bond donors (Lipinski definition) is 0. The predicted molar refractivity (Wildman–Crippen MR) is 68.9 cm³/mol. The molecule has 0 atom stereocenters. The lowest BCUT2D eigenvalue weighted by Gasteiger charge is -2.32. The zero-order chi connectivity index (χ0) is 15.3. The summed E-state index contributed by atoms with van der Waals surface area (Å²) in [5.74, 6) is -1.78. The van der Waals surface area contributed by atoms with Crippen molar-refractivity contribution in [2.75, 3.05) is 6.61 Å². The molecule has 0 rings (SSSR count). The number of esters is 1. The first-order valence-corrected chi connectivity index (χ1v) is 6.20. The third kappa shape index (κ3) is 10.9. The van der Waals surface area contributed by atoms with Crippen LogP contribution in [0.5, 0.6) is 0 Å². The lowest BCUT2D eigenvalue weighted by molar-refractivity contribution is -0.539. The van der Waals surface area contributed by atoms with Gasteiger partial charge in [-0.1, -0.05) is 0 Å². The smallest absolute Gasteiger partial charge is 0.302 e. The van der Waals surface area contributed by atoms with Crippen molar-refractivity contribution in [3.8, 4) is 0 Å². The van der Waals surface area contributed by atoms with Crippen LogP contribution in [0, 0.1) is 0 Å². The molecule has 0 saturated carbocycles. The molecule has 0 aliphatic carbocycles. The van der Waals surface area contributed by atoms with Gasteiger partial charge in [-0.3, -0.25) is 4.79 Å². The molecule has 0 bridgehead atoms. The summed E-state index contributed by atoms with van der Waals surface area (Å²) in [6.07, 6.45) is 0. The van der Waals surface area contributed by atoms with Crippen molar-refractivity contribution in [1.82, 2.24) is 0 Å². The molecule has 0 fully saturated rings. The highest BCUT2D eigenvalue weighted by molar-refractivity contribution is 5.65. The van der Waals surface area contributed by atoms with E-state index in [0.29, 0.717) is 0 Å². The summed E-state index contributed by atoms with van der Waals surface area (Å²) in [5, 5.41) is 0. The molecule has 114 valence electrons. The quantitative estimate of drug-likeness (QED) is 0.322. The normalized spacial score (nSPS) is 13.5. The maximum atomic E-state index is 10.9. The zero-order valence-electron chi connectivity index (χ0n) is 13.2. The number of hydrogen-bond acceptors (Lipinski definition) is 6. The molecule has 0 heterocycles. The van der Waals surface area contributed by atoms with E-state index in [1.165, 1.54) is 6.92 Å². The minimum absolute atomic E-state index is 0.144. The second-order valence-corrected chi connectivity index (χ2v) is 6.47. The van der Waals surface area contributed by atoms with E-state index >= 15 is 0 Å². The van der Waals surface area contributed by atoms with E-state index < -0.39 is 23.0 Å². The molecule has 0 unspecified atom stereocenters. The van der Waals surface area contributed by atoms with Crippen LogP contribution in [0.25, 0.3) is 0 Å². The maximum Gasteiger partial charge on any atom is 0.302 e. The summed E-state index contributed by atoms with van der Waals surface area (Å²) < 4.78 is 4.89. The summed E-state index contributed by atoms with van der Waals surface area (Å²) in [6.45, 7) is 13.7. The van der Waals surface area contributed by atoms with E-state index in [1.54, 1.807) is 6.92 Å². The lowest BCUT2D eigenvalue weighted by atomic mass is 10.2. The molecule has 6 nitrogen and oxygen atoms in total. The van der Waals surface area contributed by atoms with Crippen LogP contribution in [-0.4, -0.2) is 29.6 Å². The fourth-order valence-electron chi connectivity index (χ4n) is 0.721. The first-order valence-electron chi connectivity index (χ1n) is 6.20. The van der Waals surface area contributed by atoms with Crippen molar-refractivity contribution >= 4 is 5.97 Å². The van der Waals surface area contributed by atoms with Gasteiger partial charge in [-0.05, 0) is 48.5 Å². The Balaban J connectivity index is 4.56. The van der Waals surface area contributed by atoms with Crippen LogP contribution in [-0.2, 0) is 29.1 Å². The molecule has 0 aromatic carbocycles. The average molecular weight is 278 g/mol. The molecule has 6 heteroatoms. The van der Waals surface area contributed by atoms with Crippen LogP contribution < -0.4 is 0 Å². The highest BCUT2D eigenvalue weighted by Gasteiger charge is 2.35. The number of rotatable bonds is 6. The van der Waals surface area contributed by atoms with E-state index in [9.17, 15) is 4.79 Å². The molecular weight excluding hydrogens is 252 g/mol. The van der Waals surface area contributed by atoms with Crippen LogP contribution in [0.1, 0.15) is 55.4 Å². The van der Waals surface area contributed by atoms with Gasteiger partial charge in [-0.2, -0.15) is 9.78 Å². The van der Waals surface area contributed by atoms with Gasteiger partial charge in [-0.15, -0.1) is 0 Å². The molecule has 0 aliphatic rings. The molecule has 0 aromatic rings. The first-order chi connectivity index (χ1) is 8.33. The molecule has 19 heavy (non-hydrogen) atoms. The summed E-state index contributed by atoms with van der Waals surface area (Å²) in [6, 6.07) is 0. The highest BCUT2D eigenvalue weighted by Crippen LogP contribution is 2.22. The van der Waals surface area contributed by atoms with E-state index in [4.69, 9.17) is 24.3 Å². The Bertz CT molecular complexity index is 268. The SMILES string of the molecule is CC(=O)OCC(C)(OOC(C)(C)C)OOC(C)(C)C. The predicted octanol–water partition coefficient (Wildman–Crippen LogP) is 2.76. The maximum absolute atomic E-state index is 10.9. The van der Waals surface area contributed by atoms with Gasteiger partial charge in [0.15, 0.2) is 6.61 Å². The molecule has 0 aromatic heterocycles. The van der Waals surface area contributed by atoms with Gasteiger partial charge in [-0.25, -0.2) is 9.78 Å². The monoisotopic (exact) mass is 278 g/mol. The Hall–Kier alpha value is -0.690. The van der Waals surface area contributed by atoms with Crippen molar-refractivity contribution in [3.05, 3.63) is 0 Å². The molecule has 0 radical (unpaired) electrons. The van der Waals surface area contributed by atoms with Crippen molar-refractivity contribution in [3.63, 3.8) is 0 Å². The fraction of sp³-hybridized carbons (Fsp3) is 0.923. The van der Waals surface area contributed by atoms with Gasteiger partial charge in [0, 0.05) is 6.92 Å². The summed E-state index contributed by atoms with van der Waals surface area (Å²) >= 11 is 0. The van der Waals surface area contributed by atoms with Gasteiger partial charge in [0.05, 0.1) is 11.2 Å². The van der Waals surface area contributed by atoms with Crippen molar-refractivity contribution in [2.45, 2.75) is 72.4 Å². The third-order valence-electron chi connectivity index (χ3n) is 1.47. The Morgan fingerprint density at radius 1 is 0.789 bits per heavy atom. The minimum atomic E-state index is -1.34. The van der Waals surface area contributed by atoms with Gasteiger partial charge in [0.1, 0.15) is 0 Å². The fourth-order valence-corrected chi connectivity index (χ4v) is 0.721. The summed E-state index contributed by atoms with van der Waals surface area (Å²) in [7, 11) is 0. The Labute approximate surface area is 115 Å².